The van der Waals surface area contributed by atoms with Crippen molar-refractivity contribution < 1.29 is 27.6 Å². The standard InChI is InChI=1S/C13H16F3NO2/c1-17(8-7-12(18)19-2)9-10-3-5-11(6-4-10)13(14,15)16/h3-6H,7-9H2,1-2H3/p+1. The summed E-state index contributed by atoms with van der Waals surface area (Å²) in [5.41, 5.74) is 0.152. The van der Waals surface area contributed by atoms with Gasteiger partial charge in [0.2, 0.25) is 0 Å². The van der Waals surface area contributed by atoms with Gasteiger partial charge in [-0.2, -0.15) is 13.2 Å². The van der Waals surface area contributed by atoms with Crippen LogP contribution < -0.4 is 4.90 Å². The highest BCUT2D eigenvalue weighted by Crippen LogP contribution is 2.28. The molecule has 0 spiro atoms. The number of quaternary nitrogens is 1. The highest BCUT2D eigenvalue weighted by Gasteiger charge is 2.29. The maximum atomic E-state index is 12.4. The van der Waals surface area contributed by atoms with E-state index < -0.39 is 11.7 Å². The second-order valence-corrected chi connectivity index (χ2v) is 4.40. The molecule has 0 amide bonds. The number of ether oxygens (including phenoxy) is 1. The van der Waals surface area contributed by atoms with Crippen molar-refractivity contribution in [2.45, 2.75) is 19.1 Å². The normalized spacial score (nSPS) is 13.1. The number of esters is 1. The highest BCUT2D eigenvalue weighted by atomic mass is 19.4. The summed E-state index contributed by atoms with van der Waals surface area (Å²) in [6.07, 6.45) is -4.01. The number of carbonyl (C=O) groups excluding carboxylic acids is 1. The first-order valence-corrected chi connectivity index (χ1v) is 5.87. The number of nitrogens with one attached hydrogen (secondary N) is 1. The summed E-state index contributed by atoms with van der Waals surface area (Å²) in [7, 11) is 3.20. The van der Waals surface area contributed by atoms with Crippen LogP contribution in [0.25, 0.3) is 0 Å². The Morgan fingerprint density at radius 1 is 1.26 bits per heavy atom. The monoisotopic (exact) mass is 276 g/mol. The third-order valence-electron chi connectivity index (χ3n) is 2.77. The molecule has 0 saturated carbocycles. The molecule has 19 heavy (non-hydrogen) atoms. The smallest absolute Gasteiger partial charge is 0.416 e. The Kier molecular flexibility index (Phi) is 5.35. The molecule has 1 aromatic carbocycles. The Morgan fingerprint density at radius 2 is 1.84 bits per heavy atom. The molecule has 0 aliphatic rings. The number of hydrogen-bond donors (Lipinski definition) is 1. The van der Waals surface area contributed by atoms with Gasteiger partial charge in [-0.3, -0.25) is 4.79 Å². The minimum atomic E-state index is -4.30. The van der Waals surface area contributed by atoms with Crippen LogP contribution in [0.1, 0.15) is 17.5 Å². The molecule has 0 saturated heterocycles. The molecule has 0 bridgehead atoms. The van der Waals surface area contributed by atoms with E-state index in [1.165, 1.54) is 19.2 Å². The van der Waals surface area contributed by atoms with Gasteiger partial charge in [0.05, 0.1) is 32.7 Å². The predicted molar refractivity (Wildman–Crippen MR) is 63.5 cm³/mol. The van der Waals surface area contributed by atoms with E-state index in [9.17, 15) is 18.0 Å². The van der Waals surface area contributed by atoms with Crippen LogP contribution in [0.3, 0.4) is 0 Å². The Hall–Kier alpha value is -1.56. The van der Waals surface area contributed by atoms with Crippen molar-refractivity contribution in [1.82, 2.24) is 0 Å². The number of hydrogen-bond acceptors (Lipinski definition) is 2. The number of methoxy groups -OCH3 is 1. The number of carbonyl (C=O) groups is 1. The third kappa shape index (κ3) is 5.30. The molecule has 1 rings (SSSR count). The zero-order valence-corrected chi connectivity index (χ0v) is 10.9. The maximum Gasteiger partial charge on any atom is 0.416 e. The molecule has 0 aliphatic heterocycles. The van der Waals surface area contributed by atoms with Gasteiger partial charge < -0.3 is 9.64 Å². The maximum absolute atomic E-state index is 12.4. The van der Waals surface area contributed by atoms with E-state index in [0.717, 1.165) is 22.6 Å². The number of benzene rings is 1. The molecule has 3 nitrogen and oxygen atoms in total. The van der Waals surface area contributed by atoms with E-state index in [-0.39, 0.29) is 5.97 Å². The van der Waals surface area contributed by atoms with E-state index in [1.54, 1.807) is 0 Å². The first-order valence-electron chi connectivity index (χ1n) is 5.87. The van der Waals surface area contributed by atoms with Crippen LogP contribution in [0.2, 0.25) is 0 Å². The zero-order chi connectivity index (χ0) is 14.5. The van der Waals surface area contributed by atoms with E-state index in [2.05, 4.69) is 4.74 Å². The molecular weight excluding hydrogens is 259 g/mol. The second-order valence-electron chi connectivity index (χ2n) is 4.40. The van der Waals surface area contributed by atoms with Crippen LogP contribution in [-0.2, 0) is 22.3 Å². The first kappa shape index (κ1) is 15.5. The van der Waals surface area contributed by atoms with Gasteiger partial charge in [0.1, 0.15) is 6.54 Å². The fraction of sp³-hybridized carbons (Fsp3) is 0.462. The molecule has 0 heterocycles. The summed E-state index contributed by atoms with van der Waals surface area (Å²) < 4.78 is 41.6. The third-order valence-corrected chi connectivity index (χ3v) is 2.77. The largest absolute Gasteiger partial charge is 0.469 e. The van der Waals surface area contributed by atoms with Gasteiger partial charge in [-0.05, 0) is 12.1 Å². The average Bonchev–Trinajstić information content (AvgIpc) is 2.35. The zero-order valence-electron chi connectivity index (χ0n) is 10.9. The quantitative estimate of drug-likeness (QED) is 0.821. The molecule has 106 valence electrons. The Morgan fingerprint density at radius 3 is 2.32 bits per heavy atom. The van der Waals surface area contributed by atoms with Crippen LogP contribution in [0.4, 0.5) is 13.2 Å². The van der Waals surface area contributed by atoms with Crippen LogP contribution in [-0.4, -0.2) is 26.7 Å². The van der Waals surface area contributed by atoms with Gasteiger partial charge in [-0.1, -0.05) is 12.1 Å². The summed E-state index contributed by atoms with van der Waals surface area (Å²) in [6.45, 7) is 1.14. The summed E-state index contributed by atoms with van der Waals surface area (Å²) in [5.74, 6) is -0.285. The summed E-state index contributed by atoms with van der Waals surface area (Å²) in [5, 5.41) is 0. The van der Waals surface area contributed by atoms with E-state index in [0.29, 0.717) is 19.5 Å². The van der Waals surface area contributed by atoms with Crippen molar-refractivity contribution in [3.63, 3.8) is 0 Å². The molecular formula is C13H17F3NO2+. The molecule has 1 atom stereocenters. The van der Waals surface area contributed by atoms with Gasteiger partial charge in [0.15, 0.2) is 0 Å². The minimum absolute atomic E-state index is 0.285. The lowest BCUT2D eigenvalue weighted by Gasteiger charge is -2.14. The number of rotatable bonds is 5. The van der Waals surface area contributed by atoms with E-state index in [1.807, 2.05) is 7.05 Å². The van der Waals surface area contributed by atoms with E-state index >= 15 is 0 Å². The predicted octanol–water partition coefficient (Wildman–Crippen LogP) is 1.28. The SMILES string of the molecule is COC(=O)CC[NH+](C)Cc1ccc(C(F)(F)F)cc1. The van der Waals surface area contributed by atoms with Crippen LogP contribution >= 0.6 is 0 Å². The van der Waals surface area contributed by atoms with Gasteiger partial charge in [0.25, 0.3) is 0 Å². The average molecular weight is 276 g/mol. The second kappa shape index (κ2) is 6.56. The lowest BCUT2D eigenvalue weighted by Crippen LogP contribution is -3.07. The van der Waals surface area contributed by atoms with E-state index in [4.69, 9.17) is 0 Å². The van der Waals surface area contributed by atoms with Crippen LogP contribution in [0.5, 0.6) is 0 Å². The Labute approximate surface area is 110 Å². The Bertz CT molecular complexity index is 415. The summed E-state index contributed by atoms with van der Waals surface area (Å²) in [6, 6.07) is 5.07. The molecule has 1 aromatic rings. The molecule has 0 aromatic heterocycles. The Balaban J connectivity index is 2.51. The molecule has 6 heteroatoms. The molecule has 1 unspecified atom stereocenters. The van der Waals surface area contributed by atoms with Crippen molar-refractivity contribution in [3.8, 4) is 0 Å². The molecule has 1 N–H and O–H groups in total. The van der Waals surface area contributed by atoms with Crippen LogP contribution in [0, 0.1) is 0 Å². The fourth-order valence-corrected chi connectivity index (χ4v) is 1.67. The number of alkyl halides is 3. The van der Waals surface area contributed by atoms with Crippen molar-refractivity contribution in [2.24, 2.45) is 0 Å². The van der Waals surface area contributed by atoms with Gasteiger partial charge in [-0.15, -0.1) is 0 Å². The van der Waals surface area contributed by atoms with Gasteiger partial charge in [0, 0.05) is 5.56 Å². The van der Waals surface area contributed by atoms with Gasteiger partial charge in [-0.25, -0.2) is 0 Å². The first-order chi connectivity index (χ1) is 8.82. The molecule has 0 aliphatic carbocycles. The lowest BCUT2D eigenvalue weighted by atomic mass is 10.1. The molecule has 0 fully saturated rings. The summed E-state index contributed by atoms with van der Waals surface area (Å²) >= 11 is 0. The van der Waals surface area contributed by atoms with Crippen LogP contribution in [0.15, 0.2) is 24.3 Å². The summed E-state index contributed by atoms with van der Waals surface area (Å²) in [4.78, 5) is 12.0. The molecule has 0 radical (unpaired) electrons. The minimum Gasteiger partial charge on any atom is -0.469 e. The fourth-order valence-electron chi connectivity index (χ4n) is 1.67. The van der Waals surface area contributed by atoms with Crippen molar-refractivity contribution in [2.75, 3.05) is 20.7 Å². The van der Waals surface area contributed by atoms with Crippen molar-refractivity contribution >= 4 is 5.97 Å². The highest BCUT2D eigenvalue weighted by molar-refractivity contribution is 5.69. The van der Waals surface area contributed by atoms with Crippen molar-refractivity contribution in [3.05, 3.63) is 35.4 Å². The van der Waals surface area contributed by atoms with Gasteiger partial charge >= 0.3 is 12.1 Å². The topological polar surface area (TPSA) is 30.7 Å². The lowest BCUT2D eigenvalue weighted by molar-refractivity contribution is -0.893. The van der Waals surface area contributed by atoms with Crippen molar-refractivity contribution in [1.29, 1.82) is 0 Å². The number of halogens is 3.